The summed E-state index contributed by atoms with van der Waals surface area (Å²) in [5.41, 5.74) is 6.57. The van der Waals surface area contributed by atoms with E-state index in [1.165, 1.54) is 0 Å². The van der Waals surface area contributed by atoms with Crippen LogP contribution in [0.1, 0.15) is 30.1 Å². The lowest BCUT2D eigenvalue weighted by Crippen LogP contribution is -2.25. The summed E-state index contributed by atoms with van der Waals surface area (Å²) in [5.74, 6) is -0.145. The Morgan fingerprint density at radius 1 is 1.44 bits per heavy atom. The summed E-state index contributed by atoms with van der Waals surface area (Å²) in [4.78, 5) is 11.7. The number of benzene rings is 1. The van der Waals surface area contributed by atoms with E-state index in [0.717, 1.165) is 19.4 Å². The molecule has 0 unspecified atom stereocenters. The molecule has 4 nitrogen and oxygen atoms in total. The van der Waals surface area contributed by atoms with Gasteiger partial charge < -0.3 is 15.8 Å². The molecule has 5 heteroatoms. The summed E-state index contributed by atoms with van der Waals surface area (Å²) in [6.45, 7) is 4.08. The maximum atomic E-state index is 11.7. The van der Waals surface area contributed by atoms with Crippen LogP contribution < -0.4 is 11.1 Å². The molecule has 0 heterocycles. The fourth-order valence-corrected chi connectivity index (χ4v) is 1.53. The van der Waals surface area contributed by atoms with Gasteiger partial charge in [-0.25, -0.2) is 0 Å². The number of rotatable bonds is 7. The van der Waals surface area contributed by atoms with Crippen molar-refractivity contribution in [3.05, 3.63) is 28.8 Å². The Bertz CT molecular complexity index is 397. The van der Waals surface area contributed by atoms with Crippen LogP contribution in [-0.4, -0.2) is 25.7 Å². The topological polar surface area (TPSA) is 64.3 Å². The molecule has 100 valence electrons. The number of nitrogen functional groups attached to an aromatic ring is 1. The van der Waals surface area contributed by atoms with Crippen molar-refractivity contribution < 1.29 is 9.53 Å². The maximum Gasteiger partial charge on any atom is 0.251 e. The fourth-order valence-electron chi connectivity index (χ4n) is 1.41. The second-order valence-corrected chi connectivity index (χ2v) is 4.37. The quantitative estimate of drug-likeness (QED) is 0.591. The van der Waals surface area contributed by atoms with Gasteiger partial charge in [-0.15, -0.1) is 0 Å². The summed E-state index contributed by atoms with van der Waals surface area (Å²) in [6.07, 6.45) is 1.81. The van der Waals surface area contributed by atoms with Gasteiger partial charge >= 0.3 is 0 Å². The Labute approximate surface area is 112 Å². The molecule has 0 saturated heterocycles. The van der Waals surface area contributed by atoms with E-state index in [1.54, 1.807) is 18.2 Å². The second kappa shape index (κ2) is 7.95. The highest BCUT2D eigenvalue weighted by Gasteiger charge is 2.06. The predicted octanol–water partition coefficient (Wildman–Crippen LogP) is 2.47. The van der Waals surface area contributed by atoms with Crippen LogP contribution in [0.3, 0.4) is 0 Å². The van der Waals surface area contributed by atoms with Gasteiger partial charge in [0.25, 0.3) is 5.91 Å². The molecule has 18 heavy (non-hydrogen) atoms. The van der Waals surface area contributed by atoms with Gasteiger partial charge in [0.05, 0.1) is 10.7 Å². The summed E-state index contributed by atoms with van der Waals surface area (Å²) >= 11 is 5.79. The van der Waals surface area contributed by atoms with Crippen LogP contribution in [0.5, 0.6) is 0 Å². The molecule has 1 amide bonds. The van der Waals surface area contributed by atoms with Crippen LogP contribution in [-0.2, 0) is 4.74 Å². The first kappa shape index (κ1) is 14.8. The minimum Gasteiger partial charge on any atom is -0.398 e. The van der Waals surface area contributed by atoms with E-state index in [-0.39, 0.29) is 5.91 Å². The lowest BCUT2D eigenvalue weighted by molar-refractivity contribution is 0.0941. The first-order chi connectivity index (χ1) is 8.65. The van der Waals surface area contributed by atoms with Gasteiger partial charge in [-0.1, -0.05) is 18.5 Å². The molecule has 0 aliphatic carbocycles. The zero-order valence-electron chi connectivity index (χ0n) is 10.5. The van der Waals surface area contributed by atoms with E-state index in [9.17, 15) is 4.79 Å². The highest BCUT2D eigenvalue weighted by atomic mass is 35.5. The van der Waals surface area contributed by atoms with Crippen LogP contribution in [0.4, 0.5) is 5.69 Å². The molecule has 1 rings (SSSR count). The predicted molar refractivity (Wildman–Crippen MR) is 73.9 cm³/mol. The van der Waals surface area contributed by atoms with Crippen LogP contribution in [0.15, 0.2) is 18.2 Å². The number of amides is 1. The number of hydrogen-bond acceptors (Lipinski definition) is 3. The Balaban J connectivity index is 2.30. The van der Waals surface area contributed by atoms with Gasteiger partial charge in [-0.3, -0.25) is 4.79 Å². The molecule has 0 atom stereocenters. The largest absolute Gasteiger partial charge is 0.398 e. The third kappa shape index (κ3) is 4.94. The SMILES string of the molecule is CCCOCCCNC(=O)c1ccc(Cl)c(N)c1. The number of nitrogens with two attached hydrogens (primary N) is 1. The smallest absolute Gasteiger partial charge is 0.251 e. The molecule has 1 aromatic rings. The third-order valence-electron chi connectivity index (χ3n) is 2.36. The van der Waals surface area contributed by atoms with E-state index in [1.807, 2.05) is 0 Å². The van der Waals surface area contributed by atoms with Gasteiger partial charge in [0.2, 0.25) is 0 Å². The standard InChI is InChI=1S/C13H19ClN2O2/c1-2-7-18-8-3-6-16-13(17)10-4-5-11(14)12(15)9-10/h4-5,9H,2-3,6-8,15H2,1H3,(H,16,17). The van der Waals surface area contributed by atoms with Crippen molar-refractivity contribution in [3.63, 3.8) is 0 Å². The Morgan fingerprint density at radius 3 is 2.89 bits per heavy atom. The van der Waals surface area contributed by atoms with E-state index >= 15 is 0 Å². The monoisotopic (exact) mass is 270 g/mol. The lowest BCUT2D eigenvalue weighted by Gasteiger charge is -2.07. The van der Waals surface area contributed by atoms with Crippen molar-refractivity contribution in [3.8, 4) is 0 Å². The number of halogens is 1. The molecule has 0 radical (unpaired) electrons. The number of anilines is 1. The molecule has 0 aliphatic rings. The van der Waals surface area contributed by atoms with E-state index in [2.05, 4.69) is 12.2 Å². The second-order valence-electron chi connectivity index (χ2n) is 3.96. The fraction of sp³-hybridized carbons (Fsp3) is 0.462. The Hall–Kier alpha value is -1.26. The summed E-state index contributed by atoms with van der Waals surface area (Å²) in [7, 11) is 0. The summed E-state index contributed by atoms with van der Waals surface area (Å²) in [6, 6.07) is 4.85. The molecule has 0 aromatic heterocycles. The number of carbonyl (C=O) groups excluding carboxylic acids is 1. The maximum absolute atomic E-state index is 11.7. The molecule has 0 spiro atoms. The van der Waals surface area contributed by atoms with E-state index in [0.29, 0.717) is 29.4 Å². The minimum atomic E-state index is -0.145. The van der Waals surface area contributed by atoms with Crippen LogP contribution >= 0.6 is 11.6 Å². The molecule has 0 fully saturated rings. The molecular weight excluding hydrogens is 252 g/mol. The van der Waals surface area contributed by atoms with E-state index < -0.39 is 0 Å². The van der Waals surface area contributed by atoms with Crippen molar-refractivity contribution >= 4 is 23.2 Å². The molecule has 3 N–H and O–H groups in total. The first-order valence-electron chi connectivity index (χ1n) is 6.06. The summed E-state index contributed by atoms with van der Waals surface area (Å²) in [5, 5.41) is 3.26. The average Bonchev–Trinajstić information content (AvgIpc) is 2.36. The Kier molecular flexibility index (Phi) is 6.54. The summed E-state index contributed by atoms with van der Waals surface area (Å²) < 4.78 is 5.32. The highest BCUT2D eigenvalue weighted by Crippen LogP contribution is 2.19. The van der Waals surface area contributed by atoms with Crippen molar-refractivity contribution in [2.45, 2.75) is 19.8 Å². The highest BCUT2D eigenvalue weighted by molar-refractivity contribution is 6.33. The third-order valence-corrected chi connectivity index (χ3v) is 2.70. The van der Waals surface area contributed by atoms with Crippen molar-refractivity contribution in [2.24, 2.45) is 0 Å². The van der Waals surface area contributed by atoms with Crippen molar-refractivity contribution in [1.29, 1.82) is 0 Å². The van der Waals surface area contributed by atoms with Crippen molar-refractivity contribution in [1.82, 2.24) is 5.32 Å². The van der Waals surface area contributed by atoms with Gasteiger partial charge in [0, 0.05) is 25.3 Å². The zero-order valence-corrected chi connectivity index (χ0v) is 11.3. The molecular formula is C13H19ClN2O2. The molecule has 0 bridgehead atoms. The van der Waals surface area contributed by atoms with Crippen LogP contribution in [0.2, 0.25) is 5.02 Å². The first-order valence-corrected chi connectivity index (χ1v) is 6.44. The van der Waals surface area contributed by atoms with Gasteiger partial charge in [0.1, 0.15) is 0 Å². The number of hydrogen-bond donors (Lipinski definition) is 2. The average molecular weight is 271 g/mol. The van der Waals surface area contributed by atoms with Crippen LogP contribution in [0.25, 0.3) is 0 Å². The zero-order chi connectivity index (χ0) is 13.4. The number of carbonyl (C=O) groups is 1. The van der Waals surface area contributed by atoms with Crippen LogP contribution in [0, 0.1) is 0 Å². The van der Waals surface area contributed by atoms with Crippen molar-refractivity contribution in [2.75, 3.05) is 25.5 Å². The molecule has 0 saturated carbocycles. The van der Waals surface area contributed by atoms with Gasteiger partial charge in [-0.2, -0.15) is 0 Å². The van der Waals surface area contributed by atoms with Gasteiger partial charge in [-0.05, 0) is 31.0 Å². The minimum absolute atomic E-state index is 0.145. The van der Waals surface area contributed by atoms with Gasteiger partial charge in [0.15, 0.2) is 0 Å². The molecule has 1 aromatic carbocycles. The number of ether oxygens (including phenoxy) is 1. The van der Waals surface area contributed by atoms with E-state index in [4.69, 9.17) is 22.1 Å². The lowest BCUT2D eigenvalue weighted by atomic mass is 10.2. The Morgan fingerprint density at radius 2 is 2.22 bits per heavy atom. The molecule has 0 aliphatic heterocycles. The normalized spacial score (nSPS) is 10.3. The number of nitrogens with one attached hydrogen (secondary N) is 1.